The quantitative estimate of drug-likeness (QED) is 0.841. The number of allylic oxidation sites excluding steroid dienone is 4. The Balaban J connectivity index is 2.20. The number of phenolic OH excluding ortho intramolecular Hbond substituents is 2. The maximum Gasteiger partial charge on any atom is 0.115 e. The summed E-state index contributed by atoms with van der Waals surface area (Å²) in [6.07, 6.45) is 10.9. The fourth-order valence-corrected chi connectivity index (χ4v) is 3.58. The van der Waals surface area contributed by atoms with Gasteiger partial charge in [0.25, 0.3) is 0 Å². The van der Waals surface area contributed by atoms with E-state index in [2.05, 4.69) is 31.2 Å². The molecule has 0 bridgehead atoms. The summed E-state index contributed by atoms with van der Waals surface area (Å²) in [6, 6.07) is 14.9. The van der Waals surface area contributed by atoms with Gasteiger partial charge in [0.2, 0.25) is 0 Å². The van der Waals surface area contributed by atoms with Crippen LogP contribution in [0.25, 0.3) is 0 Å². The van der Waals surface area contributed by atoms with Crippen molar-refractivity contribution in [1.82, 2.24) is 0 Å². The van der Waals surface area contributed by atoms with E-state index < -0.39 is 0 Å². The van der Waals surface area contributed by atoms with Gasteiger partial charge in [-0.1, -0.05) is 61.9 Å². The molecule has 2 nitrogen and oxygen atoms in total. The standard InChI is InChI=1S/C21H22O2/c1-2-5-16-6-3-4-15-21(16,17-7-11-19(22)12-8-17)18-9-13-20(23)14-10-18/h3-4,6-16,22-23H,2,5H2,1H3. The van der Waals surface area contributed by atoms with E-state index in [4.69, 9.17) is 0 Å². The summed E-state index contributed by atoms with van der Waals surface area (Å²) in [7, 11) is 0. The Labute approximate surface area is 137 Å². The molecule has 0 heterocycles. The fraction of sp³-hybridized carbons (Fsp3) is 0.238. The first-order valence-corrected chi connectivity index (χ1v) is 8.12. The Bertz CT molecular complexity index is 663. The fourth-order valence-electron chi connectivity index (χ4n) is 3.58. The maximum absolute atomic E-state index is 9.65. The molecule has 0 saturated heterocycles. The van der Waals surface area contributed by atoms with Crippen molar-refractivity contribution >= 4 is 0 Å². The van der Waals surface area contributed by atoms with Gasteiger partial charge in [0.05, 0.1) is 0 Å². The third-order valence-corrected chi connectivity index (χ3v) is 4.69. The van der Waals surface area contributed by atoms with Gasteiger partial charge in [-0.3, -0.25) is 0 Å². The van der Waals surface area contributed by atoms with Crippen LogP contribution in [0, 0.1) is 5.92 Å². The SMILES string of the molecule is CCCC1C=CC=CC1(c1ccc(O)cc1)c1ccc(O)cc1. The lowest BCUT2D eigenvalue weighted by Crippen LogP contribution is -2.35. The van der Waals surface area contributed by atoms with Crippen molar-refractivity contribution in [2.75, 3.05) is 0 Å². The first kappa shape index (κ1) is 15.4. The molecular weight excluding hydrogens is 284 g/mol. The highest BCUT2D eigenvalue weighted by Gasteiger charge is 2.39. The van der Waals surface area contributed by atoms with Crippen molar-refractivity contribution in [2.24, 2.45) is 5.92 Å². The molecule has 2 heteroatoms. The number of aromatic hydroxyl groups is 2. The number of hydrogen-bond donors (Lipinski definition) is 2. The predicted molar refractivity (Wildman–Crippen MR) is 93.7 cm³/mol. The van der Waals surface area contributed by atoms with Crippen LogP contribution in [-0.2, 0) is 5.41 Å². The molecule has 0 spiro atoms. The lowest BCUT2D eigenvalue weighted by molar-refractivity contribution is 0.421. The van der Waals surface area contributed by atoms with Gasteiger partial charge in [-0.25, -0.2) is 0 Å². The first-order chi connectivity index (χ1) is 11.2. The van der Waals surface area contributed by atoms with Crippen molar-refractivity contribution in [1.29, 1.82) is 0 Å². The summed E-state index contributed by atoms with van der Waals surface area (Å²) < 4.78 is 0. The highest BCUT2D eigenvalue weighted by atomic mass is 16.3. The average Bonchev–Trinajstić information content (AvgIpc) is 2.57. The third-order valence-electron chi connectivity index (χ3n) is 4.69. The van der Waals surface area contributed by atoms with E-state index in [0.717, 1.165) is 24.0 Å². The zero-order valence-electron chi connectivity index (χ0n) is 13.3. The largest absolute Gasteiger partial charge is 0.508 e. The summed E-state index contributed by atoms with van der Waals surface area (Å²) in [4.78, 5) is 0. The predicted octanol–water partition coefficient (Wildman–Crippen LogP) is 4.93. The smallest absolute Gasteiger partial charge is 0.115 e. The molecule has 0 fully saturated rings. The second-order valence-corrected chi connectivity index (χ2v) is 6.10. The van der Waals surface area contributed by atoms with Gasteiger partial charge in [-0.2, -0.15) is 0 Å². The first-order valence-electron chi connectivity index (χ1n) is 8.12. The highest BCUT2D eigenvalue weighted by molar-refractivity contribution is 5.50. The lowest BCUT2D eigenvalue weighted by atomic mass is 9.63. The molecule has 1 atom stereocenters. The normalized spacial score (nSPS) is 18.9. The van der Waals surface area contributed by atoms with E-state index in [1.54, 1.807) is 24.3 Å². The molecule has 2 N–H and O–H groups in total. The van der Waals surface area contributed by atoms with Crippen molar-refractivity contribution in [3.05, 3.63) is 84.0 Å². The van der Waals surface area contributed by atoms with Gasteiger partial charge in [0.1, 0.15) is 11.5 Å². The maximum atomic E-state index is 9.65. The lowest BCUT2D eigenvalue weighted by Gasteiger charge is -2.40. The zero-order valence-corrected chi connectivity index (χ0v) is 13.3. The molecule has 1 aliphatic carbocycles. The molecule has 0 radical (unpaired) electrons. The summed E-state index contributed by atoms with van der Waals surface area (Å²) >= 11 is 0. The van der Waals surface area contributed by atoms with Crippen molar-refractivity contribution < 1.29 is 10.2 Å². The summed E-state index contributed by atoms with van der Waals surface area (Å²) in [6.45, 7) is 2.20. The summed E-state index contributed by atoms with van der Waals surface area (Å²) in [5.74, 6) is 0.889. The van der Waals surface area contributed by atoms with E-state index >= 15 is 0 Å². The van der Waals surface area contributed by atoms with Crippen LogP contribution in [0.15, 0.2) is 72.8 Å². The van der Waals surface area contributed by atoms with Crippen LogP contribution >= 0.6 is 0 Å². The molecule has 1 unspecified atom stereocenters. The Morgan fingerprint density at radius 3 is 1.83 bits per heavy atom. The van der Waals surface area contributed by atoms with Crippen LogP contribution in [-0.4, -0.2) is 10.2 Å². The van der Waals surface area contributed by atoms with E-state index in [1.807, 2.05) is 24.3 Å². The van der Waals surface area contributed by atoms with E-state index in [1.165, 1.54) is 0 Å². The molecule has 0 aromatic heterocycles. The average molecular weight is 306 g/mol. The minimum Gasteiger partial charge on any atom is -0.508 e. The molecular formula is C21H22O2. The molecule has 2 aromatic rings. The van der Waals surface area contributed by atoms with Crippen LogP contribution in [0.5, 0.6) is 11.5 Å². The van der Waals surface area contributed by atoms with E-state index in [0.29, 0.717) is 5.92 Å². The van der Waals surface area contributed by atoms with Crippen molar-refractivity contribution in [3.8, 4) is 11.5 Å². The van der Waals surface area contributed by atoms with Crippen LogP contribution in [0.1, 0.15) is 30.9 Å². The molecule has 0 amide bonds. The van der Waals surface area contributed by atoms with Gasteiger partial charge in [0, 0.05) is 5.41 Å². The van der Waals surface area contributed by atoms with Crippen molar-refractivity contribution in [3.63, 3.8) is 0 Å². The molecule has 0 saturated carbocycles. The van der Waals surface area contributed by atoms with Crippen LogP contribution in [0.3, 0.4) is 0 Å². The summed E-state index contributed by atoms with van der Waals surface area (Å²) in [5.41, 5.74) is 2.03. The minimum absolute atomic E-state index is 0.272. The minimum atomic E-state index is -0.272. The van der Waals surface area contributed by atoms with Crippen LogP contribution < -0.4 is 0 Å². The molecule has 3 rings (SSSR count). The zero-order chi connectivity index (χ0) is 16.3. The monoisotopic (exact) mass is 306 g/mol. The van der Waals surface area contributed by atoms with Gasteiger partial charge >= 0.3 is 0 Å². The van der Waals surface area contributed by atoms with Crippen molar-refractivity contribution in [2.45, 2.75) is 25.2 Å². The van der Waals surface area contributed by atoms with Crippen LogP contribution in [0.4, 0.5) is 0 Å². The summed E-state index contributed by atoms with van der Waals surface area (Å²) in [5, 5.41) is 19.3. The topological polar surface area (TPSA) is 40.5 Å². The number of hydrogen-bond acceptors (Lipinski definition) is 2. The number of phenols is 2. The Kier molecular flexibility index (Phi) is 4.24. The van der Waals surface area contributed by atoms with Gasteiger partial charge in [-0.15, -0.1) is 0 Å². The second-order valence-electron chi connectivity index (χ2n) is 6.10. The second kappa shape index (κ2) is 6.33. The van der Waals surface area contributed by atoms with E-state index in [-0.39, 0.29) is 16.9 Å². The molecule has 23 heavy (non-hydrogen) atoms. The number of benzene rings is 2. The van der Waals surface area contributed by atoms with E-state index in [9.17, 15) is 10.2 Å². The molecule has 2 aromatic carbocycles. The Morgan fingerprint density at radius 1 is 0.826 bits per heavy atom. The van der Waals surface area contributed by atoms with Gasteiger partial charge in [-0.05, 0) is 47.7 Å². The third kappa shape index (κ3) is 2.77. The number of rotatable bonds is 4. The molecule has 118 valence electrons. The van der Waals surface area contributed by atoms with Gasteiger partial charge in [0.15, 0.2) is 0 Å². The highest BCUT2D eigenvalue weighted by Crippen LogP contribution is 2.45. The Morgan fingerprint density at radius 2 is 1.35 bits per heavy atom. The molecule has 1 aliphatic rings. The van der Waals surface area contributed by atoms with Crippen LogP contribution in [0.2, 0.25) is 0 Å². The molecule has 0 aliphatic heterocycles. The van der Waals surface area contributed by atoms with Gasteiger partial charge < -0.3 is 10.2 Å². The Hall–Kier alpha value is -2.48.